The molecular formula is C17H22N4O2. The van der Waals surface area contributed by atoms with E-state index < -0.39 is 0 Å². The van der Waals surface area contributed by atoms with Gasteiger partial charge in [0.1, 0.15) is 17.3 Å². The number of benzene rings is 1. The number of rotatable bonds is 5. The minimum atomic E-state index is -0.308. The Morgan fingerprint density at radius 2 is 1.83 bits per heavy atom. The fourth-order valence-electron chi connectivity index (χ4n) is 1.86. The zero-order chi connectivity index (χ0) is 16.9. The van der Waals surface area contributed by atoms with E-state index in [0.29, 0.717) is 12.4 Å². The van der Waals surface area contributed by atoms with Crippen LogP contribution in [0.1, 0.15) is 38.2 Å². The maximum Gasteiger partial charge on any atom is 0.271 e. The number of aromatic nitrogens is 2. The van der Waals surface area contributed by atoms with Crippen LogP contribution in [0.3, 0.4) is 0 Å². The van der Waals surface area contributed by atoms with E-state index in [1.807, 2.05) is 52.0 Å². The highest BCUT2D eigenvalue weighted by Gasteiger charge is 2.16. The second kappa shape index (κ2) is 7.09. The smallest absolute Gasteiger partial charge is 0.271 e. The number of nitrogens with one attached hydrogen (secondary N) is 2. The van der Waals surface area contributed by atoms with Crippen LogP contribution in [0, 0.1) is 0 Å². The zero-order valence-electron chi connectivity index (χ0n) is 13.9. The second-order valence-corrected chi connectivity index (χ2v) is 6.07. The summed E-state index contributed by atoms with van der Waals surface area (Å²) in [6.45, 7) is 8.33. The van der Waals surface area contributed by atoms with Crippen molar-refractivity contribution in [2.45, 2.75) is 33.2 Å². The SMILES string of the molecule is CCOc1ccc(Nc2cnc(C(=O)NC(C)(C)C)cn2)cc1. The van der Waals surface area contributed by atoms with Gasteiger partial charge >= 0.3 is 0 Å². The van der Waals surface area contributed by atoms with E-state index in [1.54, 1.807) is 0 Å². The monoisotopic (exact) mass is 314 g/mol. The van der Waals surface area contributed by atoms with Gasteiger partial charge in [-0.25, -0.2) is 9.97 Å². The highest BCUT2D eigenvalue weighted by molar-refractivity contribution is 5.92. The van der Waals surface area contributed by atoms with E-state index in [4.69, 9.17) is 4.74 Å². The van der Waals surface area contributed by atoms with Gasteiger partial charge in [0.25, 0.3) is 5.91 Å². The second-order valence-electron chi connectivity index (χ2n) is 6.07. The lowest BCUT2D eigenvalue weighted by Gasteiger charge is -2.19. The summed E-state index contributed by atoms with van der Waals surface area (Å²) in [5.41, 5.74) is 0.852. The third-order valence-electron chi connectivity index (χ3n) is 2.81. The molecule has 0 saturated heterocycles. The van der Waals surface area contributed by atoms with E-state index >= 15 is 0 Å². The first-order valence-corrected chi connectivity index (χ1v) is 7.52. The maximum absolute atomic E-state index is 12.0. The van der Waals surface area contributed by atoms with Crippen molar-refractivity contribution >= 4 is 17.4 Å². The number of hydrogen-bond acceptors (Lipinski definition) is 5. The Labute approximate surface area is 136 Å². The molecule has 0 saturated carbocycles. The third-order valence-corrected chi connectivity index (χ3v) is 2.81. The van der Waals surface area contributed by atoms with Gasteiger partial charge in [-0.3, -0.25) is 4.79 Å². The van der Waals surface area contributed by atoms with Crippen molar-refractivity contribution < 1.29 is 9.53 Å². The fraction of sp³-hybridized carbons (Fsp3) is 0.353. The molecule has 6 heteroatoms. The summed E-state index contributed by atoms with van der Waals surface area (Å²) in [6, 6.07) is 7.55. The van der Waals surface area contributed by atoms with Crippen LogP contribution in [0.5, 0.6) is 5.75 Å². The number of anilines is 2. The molecule has 1 aromatic carbocycles. The van der Waals surface area contributed by atoms with Crippen LogP contribution < -0.4 is 15.4 Å². The van der Waals surface area contributed by atoms with Gasteiger partial charge in [0.05, 0.1) is 19.0 Å². The fourth-order valence-corrected chi connectivity index (χ4v) is 1.86. The molecule has 0 aliphatic carbocycles. The molecule has 0 unspecified atom stereocenters. The van der Waals surface area contributed by atoms with Crippen molar-refractivity contribution in [3.8, 4) is 5.75 Å². The molecule has 0 fully saturated rings. The van der Waals surface area contributed by atoms with Crippen LogP contribution in [0.2, 0.25) is 0 Å². The molecule has 1 heterocycles. The number of ether oxygens (including phenoxy) is 1. The highest BCUT2D eigenvalue weighted by Crippen LogP contribution is 2.18. The van der Waals surface area contributed by atoms with Crippen molar-refractivity contribution in [3.63, 3.8) is 0 Å². The minimum absolute atomic E-state index is 0.238. The average molecular weight is 314 g/mol. The summed E-state index contributed by atoms with van der Waals surface area (Å²) >= 11 is 0. The lowest BCUT2D eigenvalue weighted by molar-refractivity contribution is 0.0914. The largest absolute Gasteiger partial charge is 0.494 e. The molecule has 0 atom stereocenters. The Morgan fingerprint density at radius 3 is 2.35 bits per heavy atom. The molecule has 2 aromatic rings. The van der Waals surface area contributed by atoms with E-state index in [0.717, 1.165) is 11.4 Å². The van der Waals surface area contributed by atoms with Gasteiger partial charge in [-0.2, -0.15) is 0 Å². The summed E-state index contributed by atoms with van der Waals surface area (Å²) in [7, 11) is 0. The summed E-state index contributed by atoms with van der Waals surface area (Å²) in [5, 5.41) is 5.97. The number of hydrogen-bond donors (Lipinski definition) is 2. The van der Waals surface area contributed by atoms with Crippen molar-refractivity contribution in [1.29, 1.82) is 0 Å². The van der Waals surface area contributed by atoms with Crippen molar-refractivity contribution in [3.05, 3.63) is 42.4 Å². The Morgan fingerprint density at radius 1 is 1.13 bits per heavy atom. The van der Waals surface area contributed by atoms with Gasteiger partial charge in [0.15, 0.2) is 0 Å². The summed E-state index contributed by atoms with van der Waals surface area (Å²) in [4.78, 5) is 20.3. The third kappa shape index (κ3) is 5.25. The lowest BCUT2D eigenvalue weighted by Crippen LogP contribution is -2.40. The van der Waals surface area contributed by atoms with Gasteiger partial charge in [0, 0.05) is 11.2 Å². The Bertz CT molecular complexity index is 646. The van der Waals surface area contributed by atoms with Crippen molar-refractivity contribution in [2.75, 3.05) is 11.9 Å². The molecular weight excluding hydrogens is 292 g/mol. The summed E-state index contributed by atoms with van der Waals surface area (Å²) < 4.78 is 5.39. The van der Waals surface area contributed by atoms with Crippen LogP contribution in [-0.2, 0) is 0 Å². The molecule has 0 bridgehead atoms. The van der Waals surface area contributed by atoms with Gasteiger partial charge in [-0.1, -0.05) is 0 Å². The Kier molecular flexibility index (Phi) is 5.16. The lowest BCUT2D eigenvalue weighted by atomic mass is 10.1. The van der Waals surface area contributed by atoms with Crippen LogP contribution in [-0.4, -0.2) is 28.0 Å². The van der Waals surface area contributed by atoms with Gasteiger partial charge < -0.3 is 15.4 Å². The highest BCUT2D eigenvalue weighted by atomic mass is 16.5. The number of amides is 1. The average Bonchev–Trinajstić information content (AvgIpc) is 2.48. The van der Waals surface area contributed by atoms with Crippen molar-refractivity contribution in [2.24, 2.45) is 0 Å². The van der Waals surface area contributed by atoms with E-state index in [1.165, 1.54) is 12.4 Å². The first-order chi connectivity index (χ1) is 10.9. The van der Waals surface area contributed by atoms with Crippen LogP contribution in [0.25, 0.3) is 0 Å². The molecule has 0 aliphatic heterocycles. The number of nitrogens with zero attached hydrogens (tertiary/aromatic N) is 2. The Balaban J connectivity index is 2.01. The molecule has 2 N–H and O–H groups in total. The molecule has 0 spiro atoms. The molecule has 1 amide bonds. The van der Waals surface area contributed by atoms with Crippen LogP contribution in [0.15, 0.2) is 36.7 Å². The van der Waals surface area contributed by atoms with Crippen LogP contribution in [0.4, 0.5) is 11.5 Å². The van der Waals surface area contributed by atoms with E-state index in [9.17, 15) is 4.79 Å². The van der Waals surface area contributed by atoms with E-state index in [-0.39, 0.29) is 17.1 Å². The number of carbonyl (C=O) groups is 1. The zero-order valence-corrected chi connectivity index (χ0v) is 13.9. The minimum Gasteiger partial charge on any atom is -0.494 e. The van der Waals surface area contributed by atoms with Crippen molar-refractivity contribution in [1.82, 2.24) is 15.3 Å². The van der Waals surface area contributed by atoms with Gasteiger partial charge in [-0.15, -0.1) is 0 Å². The predicted molar refractivity (Wildman–Crippen MR) is 90.1 cm³/mol. The standard InChI is InChI=1S/C17H22N4O2/c1-5-23-13-8-6-12(7-9-13)20-15-11-18-14(10-19-15)16(22)21-17(2,3)4/h6-11H,5H2,1-4H3,(H,19,20)(H,21,22). The van der Waals surface area contributed by atoms with Crippen LogP contribution >= 0.6 is 0 Å². The quantitative estimate of drug-likeness (QED) is 0.886. The summed E-state index contributed by atoms with van der Waals surface area (Å²) in [5.74, 6) is 1.15. The molecule has 23 heavy (non-hydrogen) atoms. The van der Waals surface area contributed by atoms with E-state index in [2.05, 4.69) is 20.6 Å². The topological polar surface area (TPSA) is 76.1 Å². The molecule has 1 aromatic heterocycles. The Hall–Kier alpha value is -2.63. The molecule has 0 radical (unpaired) electrons. The summed E-state index contributed by atoms with van der Waals surface area (Å²) in [6.07, 6.45) is 2.99. The molecule has 0 aliphatic rings. The predicted octanol–water partition coefficient (Wildman–Crippen LogP) is 3.15. The first-order valence-electron chi connectivity index (χ1n) is 7.52. The van der Waals surface area contributed by atoms with Gasteiger partial charge in [0.2, 0.25) is 0 Å². The first kappa shape index (κ1) is 16.7. The number of carbonyl (C=O) groups excluding carboxylic acids is 1. The van der Waals surface area contributed by atoms with Gasteiger partial charge in [-0.05, 0) is 52.0 Å². The molecule has 2 rings (SSSR count). The molecule has 6 nitrogen and oxygen atoms in total. The molecule has 122 valence electrons. The maximum atomic E-state index is 12.0. The normalized spacial score (nSPS) is 11.0.